The van der Waals surface area contributed by atoms with Crippen molar-refractivity contribution in [2.45, 2.75) is 52.0 Å². The van der Waals surface area contributed by atoms with Gasteiger partial charge in [-0.2, -0.15) is 0 Å². The van der Waals surface area contributed by atoms with Crippen LogP contribution in [0.2, 0.25) is 5.15 Å². The van der Waals surface area contributed by atoms with E-state index in [1.165, 1.54) is 0 Å². The minimum Gasteiger partial charge on any atom is -0.451 e. The van der Waals surface area contributed by atoms with Crippen molar-refractivity contribution in [3.63, 3.8) is 0 Å². The summed E-state index contributed by atoms with van der Waals surface area (Å²) >= 11 is 6.35. The number of rotatable bonds is 4. The lowest BCUT2D eigenvalue weighted by Crippen LogP contribution is -2.43. The minimum absolute atomic E-state index is 0.0950. The highest BCUT2D eigenvalue weighted by Gasteiger charge is 2.55. The van der Waals surface area contributed by atoms with Gasteiger partial charge in [0.2, 0.25) is 5.69 Å². The van der Waals surface area contributed by atoms with E-state index < -0.39 is 17.8 Å². The van der Waals surface area contributed by atoms with Gasteiger partial charge in [0.1, 0.15) is 16.6 Å². The van der Waals surface area contributed by atoms with Crippen molar-refractivity contribution >= 4 is 34.3 Å². The Hall–Kier alpha value is -2.95. The number of benzene rings is 1. The topological polar surface area (TPSA) is 70.6 Å². The van der Waals surface area contributed by atoms with Crippen LogP contribution in [0, 0.1) is 19.4 Å². The molecule has 7 nitrogen and oxygen atoms in total. The Morgan fingerprint density at radius 1 is 1.35 bits per heavy atom. The lowest BCUT2D eigenvalue weighted by molar-refractivity contribution is -0.0945. The Morgan fingerprint density at radius 3 is 2.71 bits per heavy atom. The number of carbonyl (C=O) groups is 1. The van der Waals surface area contributed by atoms with Crippen LogP contribution in [0.3, 0.4) is 0 Å². The molecule has 0 radical (unpaired) electrons. The average Bonchev–Trinajstić information content (AvgIpc) is 3.23. The first-order valence-corrected chi connectivity index (χ1v) is 10.5. The van der Waals surface area contributed by atoms with Crippen molar-refractivity contribution in [3.8, 4) is 0 Å². The molecule has 0 aliphatic carbocycles. The van der Waals surface area contributed by atoms with Gasteiger partial charge < -0.3 is 14.0 Å². The average molecular weight is 439 g/mol. The second-order valence-corrected chi connectivity index (χ2v) is 8.31. The number of halogens is 1. The molecule has 160 valence electrons. The molecule has 0 bridgehead atoms. The van der Waals surface area contributed by atoms with Crippen LogP contribution in [-0.2, 0) is 9.47 Å². The third-order valence-electron chi connectivity index (χ3n) is 6.07. The fourth-order valence-corrected chi connectivity index (χ4v) is 4.54. The van der Waals surface area contributed by atoms with Crippen molar-refractivity contribution in [2.75, 3.05) is 0 Å². The second-order valence-electron chi connectivity index (χ2n) is 7.96. The second kappa shape index (κ2) is 7.95. The summed E-state index contributed by atoms with van der Waals surface area (Å²) in [5.41, 5.74) is 0.284. The van der Waals surface area contributed by atoms with Gasteiger partial charge in [0.15, 0.2) is 11.8 Å². The maximum absolute atomic E-state index is 13.0. The highest BCUT2D eigenvalue weighted by Crippen LogP contribution is 2.48. The summed E-state index contributed by atoms with van der Waals surface area (Å²) in [6.45, 7) is 15.2. The van der Waals surface area contributed by atoms with E-state index in [2.05, 4.69) is 14.8 Å². The third-order valence-corrected chi connectivity index (χ3v) is 6.35. The zero-order valence-electron chi connectivity index (χ0n) is 17.8. The largest absolute Gasteiger partial charge is 0.451 e. The predicted molar refractivity (Wildman–Crippen MR) is 117 cm³/mol. The van der Waals surface area contributed by atoms with Crippen LogP contribution in [0.25, 0.3) is 15.9 Å². The highest BCUT2D eigenvalue weighted by molar-refractivity contribution is 6.35. The molecule has 0 unspecified atom stereocenters. The first-order chi connectivity index (χ1) is 14.8. The summed E-state index contributed by atoms with van der Waals surface area (Å²) in [6, 6.07) is 8.87. The van der Waals surface area contributed by atoms with E-state index in [1.54, 1.807) is 42.0 Å². The van der Waals surface area contributed by atoms with E-state index in [0.717, 1.165) is 6.42 Å². The molecule has 1 aromatic carbocycles. The number of ether oxygens (including phenoxy) is 2. The number of hydrogen-bond donors (Lipinski definition) is 0. The van der Waals surface area contributed by atoms with Gasteiger partial charge in [-0.05, 0) is 32.4 Å². The molecule has 3 aromatic rings. The van der Waals surface area contributed by atoms with Gasteiger partial charge >= 0.3 is 5.97 Å². The molecule has 8 heteroatoms. The third kappa shape index (κ3) is 3.46. The van der Waals surface area contributed by atoms with Crippen molar-refractivity contribution in [2.24, 2.45) is 5.92 Å². The summed E-state index contributed by atoms with van der Waals surface area (Å²) in [5, 5.41) is 0.684. The summed E-state index contributed by atoms with van der Waals surface area (Å²) in [5.74, 6) is -0.0390. The minimum atomic E-state index is -0.996. The molecule has 31 heavy (non-hydrogen) atoms. The number of carbonyl (C=O) groups excluding carboxylic acids is 1. The van der Waals surface area contributed by atoms with Gasteiger partial charge in [0.05, 0.1) is 23.6 Å². The molecule has 2 aromatic heterocycles. The van der Waals surface area contributed by atoms with Gasteiger partial charge in [-0.15, -0.1) is 0 Å². The molecule has 1 saturated heterocycles. The van der Waals surface area contributed by atoms with Gasteiger partial charge in [-0.25, -0.2) is 19.6 Å². The normalized spacial score (nSPS) is 25.5. The van der Waals surface area contributed by atoms with E-state index >= 15 is 0 Å². The molecule has 3 heterocycles. The number of aromatic nitrogens is 3. The Balaban J connectivity index is 1.84. The van der Waals surface area contributed by atoms with E-state index in [1.807, 2.05) is 26.8 Å². The van der Waals surface area contributed by atoms with Crippen LogP contribution in [0.15, 0.2) is 36.5 Å². The van der Waals surface area contributed by atoms with Crippen molar-refractivity contribution < 1.29 is 14.3 Å². The zero-order chi connectivity index (χ0) is 22.3. The summed E-state index contributed by atoms with van der Waals surface area (Å²) in [4.78, 5) is 25.3. The van der Waals surface area contributed by atoms with Gasteiger partial charge in [-0.3, -0.25) is 0 Å². The van der Waals surface area contributed by atoms with Crippen LogP contribution >= 0.6 is 11.6 Å². The van der Waals surface area contributed by atoms with Crippen LogP contribution in [-0.4, -0.2) is 32.2 Å². The van der Waals surface area contributed by atoms with Crippen LogP contribution in [0.1, 0.15) is 49.6 Å². The summed E-state index contributed by atoms with van der Waals surface area (Å²) in [6.07, 6.45) is 1.59. The number of nitrogens with zero attached hydrogens (tertiary/aromatic N) is 4. The van der Waals surface area contributed by atoms with E-state index in [9.17, 15) is 4.79 Å². The number of aryl methyl sites for hydroxylation is 1. The Bertz CT molecular complexity index is 1190. The fourth-order valence-electron chi connectivity index (χ4n) is 4.23. The molecule has 1 fully saturated rings. The number of fused-ring (bicyclic) bond motifs is 1. The SMILES string of the molecule is [C-]#[N+]c1cn([C@@H]2O[C@H](CC)[C@@H](C)[C@@]2(C)OC(=O)c2ccccc2)c2nc(C)nc(Cl)c12. The van der Waals surface area contributed by atoms with Crippen LogP contribution in [0.4, 0.5) is 5.69 Å². The fraction of sp³-hybridized carbons (Fsp3) is 0.391. The van der Waals surface area contributed by atoms with E-state index in [4.69, 9.17) is 27.6 Å². The van der Waals surface area contributed by atoms with Crippen LogP contribution < -0.4 is 0 Å². The summed E-state index contributed by atoms with van der Waals surface area (Å²) < 4.78 is 14.3. The zero-order valence-corrected chi connectivity index (χ0v) is 18.6. The predicted octanol–water partition coefficient (Wildman–Crippen LogP) is 5.50. The van der Waals surface area contributed by atoms with Crippen LogP contribution in [0.5, 0.6) is 0 Å². The molecular weight excluding hydrogens is 416 g/mol. The maximum atomic E-state index is 13.0. The molecule has 0 N–H and O–H groups in total. The Labute approximate surface area is 185 Å². The van der Waals surface area contributed by atoms with Gasteiger partial charge in [0, 0.05) is 12.1 Å². The molecule has 0 spiro atoms. The molecule has 4 rings (SSSR count). The molecule has 0 amide bonds. The summed E-state index contributed by atoms with van der Waals surface area (Å²) in [7, 11) is 0. The van der Waals surface area contributed by atoms with E-state index in [-0.39, 0.29) is 17.2 Å². The van der Waals surface area contributed by atoms with Gasteiger partial charge in [-0.1, -0.05) is 43.6 Å². The lowest BCUT2D eigenvalue weighted by atomic mass is 9.86. The van der Waals surface area contributed by atoms with Crippen molar-refractivity contribution in [1.29, 1.82) is 0 Å². The van der Waals surface area contributed by atoms with Crippen molar-refractivity contribution in [1.82, 2.24) is 14.5 Å². The molecule has 1 aliphatic rings. The smallest absolute Gasteiger partial charge is 0.338 e. The first-order valence-electron chi connectivity index (χ1n) is 10.2. The maximum Gasteiger partial charge on any atom is 0.338 e. The Morgan fingerprint density at radius 2 is 2.06 bits per heavy atom. The molecular formula is C23H23ClN4O3. The first kappa shape index (κ1) is 21.3. The quantitative estimate of drug-likeness (QED) is 0.305. The monoisotopic (exact) mass is 438 g/mol. The number of esters is 1. The van der Waals surface area contributed by atoms with E-state index in [0.29, 0.717) is 28.1 Å². The van der Waals surface area contributed by atoms with Crippen molar-refractivity contribution in [3.05, 3.63) is 64.5 Å². The highest BCUT2D eigenvalue weighted by atomic mass is 35.5. The molecule has 1 aliphatic heterocycles. The lowest BCUT2D eigenvalue weighted by Gasteiger charge is -2.34. The van der Waals surface area contributed by atoms with Gasteiger partial charge in [0.25, 0.3) is 0 Å². The molecule has 0 saturated carbocycles. The number of hydrogen-bond acceptors (Lipinski definition) is 5. The standard InChI is InChI=1S/C23H23ClN4O3/c1-6-17-13(2)23(4,31-21(29)15-10-8-7-9-11-15)22(30-17)28-12-16(25-5)18-19(24)26-14(3)27-20(18)28/h7-13,17,22H,6H2,1-4H3/t13-,17-,22-,23-/m1/s1. The molecule has 4 atom stereocenters. The Kier molecular flexibility index (Phi) is 5.46.